The van der Waals surface area contributed by atoms with E-state index in [1.54, 1.807) is 6.92 Å². The third kappa shape index (κ3) is 4.00. The van der Waals surface area contributed by atoms with Crippen molar-refractivity contribution in [1.29, 1.82) is 0 Å². The van der Waals surface area contributed by atoms with Crippen LogP contribution >= 0.6 is 23.2 Å². The molecule has 0 saturated carbocycles. The van der Waals surface area contributed by atoms with Gasteiger partial charge in [0.1, 0.15) is 0 Å². The number of benzene rings is 1. The molecule has 2 saturated heterocycles. The molecular weight excluding hydrogens is 335 g/mol. The highest BCUT2D eigenvalue weighted by Crippen LogP contribution is 2.30. The summed E-state index contributed by atoms with van der Waals surface area (Å²) < 4.78 is 5.93. The van der Waals surface area contributed by atoms with Gasteiger partial charge in [-0.1, -0.05) is 29.3 Å². The highest BCUT2D eigenvalue weighted by atomic mass is 35.5. The van der Waals surface area contributed by atoms with Crippen molar-refractivity contribution in [2.75, 3.05) is 32.8 Å². The second-order valence-corrected chi connectivity index (χ2v) is 7.08. The van der Waals surface area contributed by atoms with E-state index >= 15 is 0 Å². The number of likely N-dealkylation sites (tertiary alicyclic amines) is 1. The van der Waals surface area contributed by atoms with Gasteiger partial charge in [-0.05, 0) is 30.5 Å². The number of hydrogen-bond acceptors (Lipinski definition) is 3. The molecule has 0 bridgehead atoms. The summed E-state index contributed by atoms with van der Waals surface area (Å²) in [6.45, 7) is 5.89. The van der Waals surface area contributed by atoms with E-state index < -0.39 is 0 Å². The minimum Gasteiger partial charge on any atom is -0.371 e. The number of halogens is 2. The Morgan fingerprint density at radius 3 is 2.57 bits per heavy atom. The van der Waals surface area contributed by atoms with E-state index in [1.165, 1.54) is 0 Å². The van der Waals surface area contributed by atoms with Gasteiger partial charge in [-0.2, -0.15) is 0 Å². The zero-order valence-corrected chi connectivity index (χ0v) is 14.8. The average molecular weight is 357 g/mol. The van der Waals surface area contributed by atoms with Crippen LogP contribution in [0.15, 0.2) is 18.2 Å². The molecule has 1 aromatic rings. The van der Waals surface area contributed by atoms with Crippen LogP contribution in [-0.2, 0) is 9.53 Å². The molecule has 4 nitrogen and oxygen atoms in total. The van der Waals surface area contributed by atoms with Gasteiger partial charge in [0.2, 0.25) is 5.91 Å². The number of carbonyl (C=O) groups is 1. The van der Waals surface area contributed by atoms with Crippen molar-refractivity contribution in [3.8, 4) is 0 Å². The summed E-state index contributed by atoms with van der Waals surface area (Å²) in [5.41, 5.74) is 1.07. The number of morpholine rings is 1. The molecule has 0 spiro atoms. The van der Waals surface area contributed by atoms with Gasteiger partial charge in [0.25, 0.3) is 0 Å². The summed E-state index contributed by atoms with van der Waals surface area (Å²) in [5, 5.41) is 1.14. The molecule has 2 aliphatic heterocycles. The normalized spacial score (nSPS) is 24.0. The van der Waals surface area contributed by atoms with Crippen LogP contribution in [0.5, 0.6) is 0 Å². The van der Waals surface area contributed by atoms with Gasteiger partial charge in [-0.3, -0.25) is 9.69 Å². The molecule has 0 aliphatic carbocycles. The summed E-state index contributed by atoms with van der Waals surface area (Å²) >= 11 is 12.1. The van der Waals surface area contributed by atoms with Crippen LogP contribution in [0, 0.1) is 0 Å². The molecule has 126 valence electrons. The highest BCUT2D eigenvalue weighted by Gasteiger charge is 2.30. The first-order valence-corrected chi connectivity index (χ1v) is 8.86. The Morgan fingerprint density at radius 1 is 1.17 bits per heavy atom. The van der Waals surface area contributed by atoms with Crippen molar-refractivity contribution >= 4 is 29.1 Å². The number of rotatable bonds is 2. The van der Waals surface area contributed by atoms with Crippen molar-refractivity contribution in [2.45, 2.75) is 31.9 Å². The predicted molar refractivity (Wildman–Crippen MR) is 92.0 cm³/mol. The van der Waals surface area contributed by atoms with E-state index in [0.29, 0.717) is 16.1 Å². The fourth-order valence-electron chi connectivity index (χ4n) is 3.46. The molecule has 2 heterocycles. The first kappa shape index (κ1) is 17.0. The van der Waals surface area contributed by atoms with Crippen LogP contribution in [0.1, 0.15) is 31.4 Å². The monoisotopic (exact) mass is 356 g/mol. The van der Waals surface area contributed by atoms with Gasteiger partial charge in [0.05, 0.1) is 22.8 Å². The molecule has 0 unspecified atom stereocenters. The Hall–Kier alpha value is -0.810. The number of piperidine rings is 1. The Kier molecular flexibility index (Phi) is 5.47. The van der Waals surface area contributed by atoms with Gasteiger partial charge < -0.3 is 9.64 Å². The topological polar surface area (TPSA) is 32.8 Å². The number of carbonyl (C=O) groups excluding carboxylic acids is 1. The minimum atomic E-state index is 0.0318. The summed E-state index contributed by atoms with van der Waals surface area (Å²) in [6, 6.07) is 6.24. The second-order valence-electron chi connectivity index (χ2n) is 6.27. The number of nitrogens with zero attached hydrogens (tertiary/aromatic N) is 2. The minimum absolute atomic E-state index is 0.0318. The standard InChI is InChI=1S/C17H22Cl2N2O2/c1-12(22)20-6-4-14(5-7-20)21-8-9-23-17(11-21)13-2-3-15(18)16(19)10-13/h2-3,10,14,17H,4-9,11H2,1H3/t17-/m0/s1. The third-order valence-corrected chi connectivity index (χ3v) is 5.58. The maximum atomic E-state index is 11.4. The molecule has 1 aromatic carbocycles. The van der Waals surface area contributed by atoms with Gasteiger partial charge in [0.15, 0.2) is 0 Å². The van der Waals surface area contributed by atoms with Gasteiger partial charge in [-0.25, -0.2) is 0 Å². The van der Waals surface area contributed by atoms with Crippen LogP contribution in [0.25, 0.3) is 0 Å². The van der Waals surface area contributed by atoms with E-state index in [9.17, 15) is 4.79 Å². The third-order valence-electron chi connectivity index (χ3n) is 4.84. The molecule has 0 radical (unpaired) electrons. The van der Waals surface area contributed by atoms with Crippen LogP contribution in [0.3, 0.4) is 0 Å². The lowest BCUT2D eigenvalue weighted by atomic mass is 10.0. The molecular formula is C17H22Cl2N2O2. The maximum absolute atomic E-state index is 11.4. The van der Waals surface area contributed by atoms with Crippen LogP contribution < -0.4 is 0 Å². The quantitative estimate of drug-likeness (QED) is 0.814. The Morgan fingerprint density at radius 2 is 1.91 bits per heavy atom. The van der Waals surface area contributed by atoms with E-state index in [-0.39, 0.29) is 12.0 Å². The summed E-state index contributed by atoms with van der Waals surface area (Å²) in [7, 11) is 0. The smallest absolute Gasteiger partial charge is 0.219 e. The lowest BCUT2D eigenvalue weighted by Crippen LogP contribution is -2.50. The first-order chi connectivity index (χ1) is 11.0. The van der Waals surface area contributed by atoms with Gasteiger partial charge in [0, 0.05) is 39.1 Å². The van der Waals surface area contributed by atoms with E-state index in [1.807, 2.05) is 23.1 Å². The summed E-state index contributed by atoms with van der Waals surface area (Å²) in [5.74, 6) is 0.180. The predicted octanol–water partition coefficient (Wildman–Crippen LogP) is 3.38. The van der Waals surface area contributed by atoms with E-state index in [0.717, 1.165) is 51.2 Å². The van der Waals surface area contributed by atoms with E-state index in [4.69, 9.17) is 27.9 Å². The lowest BCUT2D eigenvalue weighted by molar-refractivity contribution is -0.131. The summed E-state index contributed by atoms with van der Waals surface area (Å²) in [6.07, 6.45) is 2.10. The molecule has 1 atom stereocenters. The van der Waals surface area contributed by atoms with Crippen molar-refractivity contribution in [3.63, 3.8) is 0 Å². The van der Waals surface area contributed by atoms with Crippen molar-refractivity contribution in [1.82, 2.24) is 9.80 Å². The molecule has 23 heavy (non-hydrogen) atoms. The Bertz CT molecular complexity index is 574. The number of ether oxygens (including phenoxy) is 1. The Labute approximate surface area is 147 Å². The van der Waals surface area contributed by atoms with Gasteiger partial charge in [-0.15, -0.1) is 0 Å². The van der Waals surface area contributed by atoms with Crippen LogP contribution in [0.2, 0.25) is 10.0 Å². The molecule has 1 amide bonds. The molecule has 2 aliphatic rings. The fourth-order valence-corrected chi connectivity index (χ4v) is 3.77. The van der Waals surface area contributed by atoms with Gasteiger partial charge >= 0.3 is 0 Å². The SMILES string of the molecule is CC(=O)N1CCC(N2CCO[C@H](c3ccc(Cl)c(Cl)c3)C2)CC1. The fraction of sp³-hybridized carbons (Fsp3) is 0.588. The zero-order chi connectivity index (χ0) is 16.4. The second kappa shape index (κ2) is 7.39. The van der Waals surface area contributed by atoms with Crippen LogP contribution in [0.4, 0.5) is 0 Å². The lowest BCUT2D eigenvalue weighted by Gasteiger charge is -2.42. The maximum Gasteiger partial charge on any atom is 0.219 e. The van der Waals surface area contributed by atoms with Crippen LogP contribution in [-0.4, -0.2) is 54.5 Å². The Balaban J connectivity index is 1.62. The highest BCUT2D eigenvalue weighted by molar-refractivity contribution is 6.42. The largest absolute Gasteiger partial charge is 0.371 e. The van der Waals surface area contributed by atoms with Crippen molar-refractivity contribution in [3.05, 3.63) is 33.8 Å². The van der Waals surface area contributed by atoms with E-state index in [2.05, 4.69) is 4.90 Å². The zero-order valence-electron chi connectivity index (χ0n) is 13.3. The molecule has 3 rings (SSSR count). The van der Waals surface area contributed by atoms with Crippen molar-refractivity contribution in [2.24, 2.45) is 0 Å². The molecule has 2 fully saturated rings. The molecule has 6 heteroatoms. The number of hydrogen-bond donors (Lipinski definition) is 0. The first-order valence-electron chi connectivity index (χ1n) is 8.10. The number of amides is 1. The average Bonchev–Trinajstić information content (AvgIpc) is 2.57. The molecule has 0 aromatic heterocycles. The summed E-state index contributed by atoms with van der Waals surface area (Å²) in [4.78, 5) is 15.9. The van der Waals surface area contributed by atoms with Crippen molar-refractivity contribution < 1.29 is 9.53 Å². The molecule has 0 N–H and O–H groups in total.